The van der Waals surface area contributed by atoms with Crippen molar-refractivity contribution in [3.8, 4) is 0 Å². The number of ketones is 1. The monoisotopic (exact) mass is 449 g/mol. The van der Waals surface area contributed by atoms with Crippen LogP contribution in [0.2, 0.25) is 0 Å². The molecule has 0 spiro atoms. The molecule has 0 unspecified atom stereocenters. The smallest absolute Gasteiger partial charge is 0.330 e. The van der Waals surface area contributed by atoms with Crippen LogP contribution < -0.4 is 0 Å². The van der Waals surface area contributed by atoms with Crippen molar-refractivity contribution in [2.45, 2.75) is 12.5 Å². The maximum Gasteiger partial charge on any atom is 0.330 e. The molecule has 0 radical (unpaired) electrons. The van der Waals surface area contributed by atoms with Crippen LogP contribution >= 0.6 is 0 Å². The zero-order valence-corrected chi connectivity index (χ0v) is 17.2. The fraction of sp³-hybridized carbons (Fsp3) is 0.120. The quantitative estimate of drug-likeness (QED) is 0.313. The fourth-order valence-corrected chi connectivity index (χ4v) is 3.63. The van der Waals surface area contributed by atoms with E-state index in [0.717, 1.165) is 17.0 Å². The number of carbonyl (C=O) groups is 4. The number of amides is 2. The number of hydrogen-bond donors (Lipinski definition) is 0. The third kappa shape index (κ3) is 4.41. The minimum absolute atomic E-state index is 0.0480. The molecule has 3 aromatic rings. The van der Waals surface area contributed by atoms with Gasteiger partial charge in [0.15, 0.2) is 6.61 Å². The Hall–Kier alpha value is -4.20. The minimum Gasteiger partial charge on any atom is -0.456 e. The predicted molar refractivity (Wildman–Crippen MR) is 113 cm³/mol. The van der Waals surface area contributed by atoms with E-state index in [9.17, 15) is 28.0 Å². The highest BCUT2D eigenvalue weighted by atomic mass is 19.1. The number of carbonyl (C=O) groups excluding carboxylic acids is 4. The lowest BCUT2D eigenvalue weighted by molar-refractivity contribution is -0.147. The lowest BCUT2D eigenvalue weighted by Gasteiger charge is -2.24. The molecule has 1 aliphatic rings. The summed E-state index contributed by atoms with van der Waals surface area (Å²) in [6.45, 7) is -0.881. The molecule has 0 N–H and O–H groups in total. The highest BCUT2D eigenvalue weighted by Crippen LogP contribution is 2.26. The van der Waals surface area contributed by atoms with E-state index in [1.807, 2.05) is 0 Å². The molecule has 0 aromatic heterocycles. The number of halogens is 2. The first-order chi connectivity index (χ1) is 15.9. The van der Waals surface area contributed by atoms with Crippen LogP contribution in [0.4, 0.5) is 8.78 Å². The molecule has 0 saturated heterocycles. The van der Waals surface area contributed by atoms with Gasteiger partial charge in [-0.2, -0.15) is 0 Å². The topological polar surface area (TPSA) is 80.8 Å². The van der Waals surface area contributed by atoms with Gasteiger partial charge >= 0.3 is 5.97 Å². The van der Waals surface area contributed by atoms with Crippen molar-refractivity contribution in [2.24, 2.45) is 0 Å². The number of imide groups is 1. The van der Waals surface area contributed by atoms with Crippen LogP contribution in [0.5, 0.6) is 0 Å². The van der Waals surface area contributed by atoms with Gasteiger partial charge in [0.2, 0.25) is 5.78 Å². The Kier molecular flexibility index (Phi) is 6.08. The second kappa shape index (κ2) is 9.12. The van der Waals surface area contributed by atoms with Crippen LogP contribution in [0.25, 0.3) is 0 Å². The van der Waals surface area contributed by atoms with Gasteiger partial charge in [0, 0.05) is 6.42 Å². The molecular weight excluding hydrogens is 432 g/mol. The van der Waals surface area contributed by atoms with Crippen molar-refractivity contribution >= 4 is 23.6 Å². The zero-order chi connectivity index (χ0) is 23.5. The Balaban J connectivity index is 1.58. The van der Waals surface area contributed by atoms with Crippen molar-refractivity contribution in [3.63, 3.8) is 0 Å². The summed E-state index contributed by atoms with van der Waals surface area (Å²) in [5, 5.41) is 0. The van der Waals surface area contributed by atoms with Crippen LogP contribution in [0.3, 0.4) is 0 Å². The summed E-state index contributed by atoms with van der Waals surface area (Å²) in [4.78, 5) is 51.9. The molecule has 0 saturated carbocycles. The number of esters is 1. The van der Waals surface area contributed by atoms with Gasteiger partial charge in [0.1, 0.15) is 17.7 Å². The minimum atomic E-state index is -1.36. The van der Waals surface area contributed by atoms with Crippen molar-refractivity contribution in [1.82, 2.24) is 4.90 Å². The van der Waals surface area contributed by atoms with Gasteiger partial charge < -0.3 is 4.74 Å². The van der Waals surface area contributed by atoms with Gasteiger partial charge in [-0.15, -0.1) is 0 Å². The Morgan fingerprint density at radius 3 is 2.09 bits per heavy atom. The van der Waals surface area contributed by atoms with Crippen LogP contribution in [0, 0.1) is 11.6 Å². The molecule has 4 rings (SSSR count). The second-order valence-electron chi connectivity index (χ2n) is 7.39. The third-order valence-corrected chi connectivity index (χ3v) is 5.26. The molecule has 166 valence electrons. The number of rotatable bonds is 7. The number of benzene rings is 3. The molecule has 33 heavy (non-hydrogen) atoms. The Morgan fingerprint density at radius 2 is 1.45 bits per heavy atom. The summed E-state index contributed by atoms with van der Waals surface area (Å²) >= 11 is 0. The summed E-state index contributed by atoms with van der Waals surface area (Å²) in [7, 11) is 0. The van der Waals surface area contributed by atoms with Crippen LogP contribution in [0.15, 0.2) is 72.8 Å². The lowest BCUT2D eigenvalue weighted by Crippen LogP contribution is -2.47. The molecule has 3 aromatic carbocycles. The highest BCUT2D eigenvalue weighted by Gasteiger charge is 2.43. The molecule has 0 bridgehead atoms. The average molecular weight is 449 g/mol. The van der Waals surface area contributed by atoms with Crippen molar-refractivity contribution in [2.75, 3.05) is 6.61 Å². The molecular formula is C25H17F2NO5. The lowest BCUT2D eigenvalue weighted by atomic mass is 10.0. The number of Topliss-reactive ketones (excluding diaryl/α,β-unsaturated/α-hetero) is 1. The summed E-state index contributed by atoms with van der Waals surface area (Å²) in [5.74, 6) is -5.07. The Morgan fingerprint density at radius 1 is 0.848 bits per heavy atom. The summed E-state index contributed by atoms with van der Waals surface area (Å²) in [5.41, 5.74) is 0.402. The standard InChI is InChI=1S/C25H17F2NO5/c26-16-10-11-20(27)19(13-16)22(29)14-33-25(32)21(12-15-6-2-1-3-7-15)28-23(30)17-8-4-5-9-18(17)24(28)31/h1-11,13,21H,12,14H2/t21-/m0/s1. The molecule has 6 nitrogen and oxygen atoms in total. The number of fused-ring (bicyclic) bond motifs is 1. The van der Waals surface area contributed by atoms with E-state index in [1.54, 1.807) is 42.5 Å². The van der Waals surface area contributed by atoms with E-state index in [-0.39, 0.29) is 17.5 Å². The van der Waals surface area contributed by atoms with Gasteiger partial charge in [-0.1, -0.05) is 42.5 Å². The molecule has 2 amide bonds. The van der Waals surface area contributed by atoms with E-state index < -0.39 is 53.4 Å². The third-order valence-electron chi connectivity index (χ3n) is 5.26. The second-order valence-corrected chi connectivity index (χ2v) is 7.39. The summed E-state index contributed by atoms with van der Waals surface area (Å²) in [6, 6.07) is 15.8. The maximum atomic E-state index is 13.9. The van der Waals surface area contributed by atoms with Crippen LogP contribution in [-0.4, -0.2) is 41.1 Å². The van der Waals surface area contributed by atoms with Gasteiger partial charge in [0.05, 0.1) is 16.7 Å². The molecule has 1 atom stereocenters. The van der Waals surface area contributed by atoms with Crippen LogP contribution in [0.1, 0.15) is 36.6 Å². The first-order valence-corrected chi connectivity index (χ1v) is 10.0. The number of hydrogen-bond acceptors (Lipinski definition) is 5. The van der Waals surface area contributed by atoms with Gasteiger partial charge in [-0.25, -0.2) is 13.6 Å². The molecule has 8 heteroatoms. The van der Waals surface area contributed by atoms with E-state index in [2.05, 4.69) is 0 Å². The van der Waals surface area contributed by atoms with Crippen molar-refractivity contribution in [1.29, 1.82) is 0 Å². The van der Waals surface area contributed by atoms with E-state index >= 15 is 0 Å². The van der Waals surface area contributed by atoms with E-state index in [4.69, 9.17) is 4.74 Å². The van der Waals surface area contributed by atoms with Gasteiger partial charge in [0.25, 0.3) is 11.8 Å². The average Bonchev–Trinajstić information content (AvgIpc) is 3.08. The van der Waals surface area contributed by atoms with Crippen molar-refractivity contribution in [3.05, 3.63) is 107 Å². The Bertz CT molecular complexity index is 1220. The highest BCUT2D eigenvalue weighted by molar-refractivity contribution is 6.22. The SMILES string of the molecule is O=C(COC(=O)[C@H](Cc1ccccc1)N1C(=O)c2ccccc2C1=O)c1cc(F)ccc1F. The zero-order valence-electron chi connectivity index (χ0n) is 17.2. The van der Waals surface area contributed by atoms with Gasteiger partial charge in [-0.05, 0) is 35.9 Å². The maximum absolute atomic E-state index is 13.9. The fourth-order valence-electron chi connectivity index (χ4n) is 3.63. The summed E-state index contributed by atoms with van der Waals surface area (Å²) < 4.78 is 32.3. The molecule has 1 aliphatic heterocycles. The van der Waals surface area contributed by atoms with Crippen molar-refractivity contribution < 1.29 is 32.7 Å². The largest absolute Gasteiger partial charge is 0.456 e. The normalized spacial score (nSPS) is 13.6. The molecule has 0 aliphatic carbocycles. The number of ether oxygens (including phenoxy) is 1. The Labute approximate surface area is 187 Å². The first-order valence-electron chi connectivity index (χ1n) is 10.0. The number of nitrogens with zero attached hydrogens (tertiary/aromatic N) is 1. The van der Waals surface area contributed by atoms with E-state index in [1.165, 1.54) is 12.1 Å². The van der Waals surface area contributed by atoms with Gasteiger partial charge in [-0.3, -0.25) is 19.3 Å². The van der Waals surface area contributed by atoms with E-state index in [0.29, 0.717) is 11.6 Å². The molecule has 1 heterocycles. The summed E-state index contributed by atoms with van der Waals surface area (Å²) in [6.07, 6.45) is -0.0480. The first kappa shape index (κ1) is 22.0. The molecule has 0 fully saturated rings. The predicted octanol–water partition coefficient (Wildman–Crippen LogP) is 3.60. The van der Waals surface area contributed by atoms with Crippen LogP contribution in [-0.2, 0) is 16.0 Å².